The largest absolute Gasteiger partial charge is 0.507 e. The van der Waals surface area contributed by atoms with Gasteiger partial charge in [0.15, 0.2) is 17.5 Å². The maximum atomic E-state index is 15.6. The average Bonchev–Trinajstić information content (AvgIpc) is 3.63. The summed E-state index contributed by atoms with van der Waals surface area (Å²) in [5.41, 5.74) is 0.921. The van der Waals surface area contributed by atoms with Gasteiger partial charge in [0.25, 0.3) is 0 Å². The van der Waals surface area contributed by atoms with Crippen LogP contribution >= 0.6 is 0 Å². The van der Waals surface area contributed by atoms with Gasteiger partial charge in [-0.2, -0.15) is 15.3 Å². The predicted molar refractivity (Wildman–Crippen MR) is 130 cm³/mol. The number of phenols is 1. The molecule has 36 heavy (non-hydrogen) atoms. The van der Waals surface area contributed by atoms with E-state index >= 15 is 4.39 Å². The fraction of sp³-hybridized carbons (Fsp3) is 0.520. The zero-order valence-corrected chi connectivity index (χ0v) is 20.3. The number of nitrogens with one attached hydrogen (secondary N) is 1. The van der Waals surface area contributed by atoms with Crippen molar-refractivity contribution in [1.29, 1.82) is 5.26 Å². The molecule has 0 radical (unpaired) electrons. The van der Waals surface area contributed by atoms with E-state index in [2.05, 4.69) is 42.4 Å². The van der Waals surface area contributed by atoms with E-state index in [-0.39, 0.29) is 41.1 Å². The number of piperidine rings is 2. The number of aryl methyl sites for hydroxylation is 1. The van der Waals surface area contributed by atoms with E-state index in [1.807, 2.05) is 6.07 Å². The number of halogens is 1. The molecule has 1 aromatic carbocycles. The maximum absolute atomic E-state index is 15.6. The molecule has 2 saturated heterocycles. The van der Waals surface area contributed by atoms with Crippen molar-refractivity contribution in [3.05, 3.63) is 30.2 Å². The number of benzene rings is 1. The van der Waals surface area contributed by atoms with E-state index in [0.717, 1.165) is 38.5 Å². The Hall–Kier alpha value is -3.65. The summed E-state index contributed by atoms with van der Waals surface area (Å²) in [6.45, 7) is 2.20. The fourth-order valence-corrected chi connectivity index (χ4v) is 5.75. The number of anilines is 1. The van der Waals surface area contributed by atoms with Crippen LogP contribution in [-0.2, 0) is 7.05 Å². The Morgan fingerprint density at radius 3 is 2.75 bits per heavy atom. The molecule has 0 spiro atoms. The van der Waals surface area contributed by atoms with E-state index in [4.69, 9.17) is 5.26 Å². The molecule has 0 amide bonds. The van der Waals surface area contributed by atoms with Gasteiger partial charge in [-0.05, 0) is 57.6 Å². The van der Waals surface area contributed by atoms with Crippen LogP contribution in [0.2, 0.25) is 0 Å². The molecule has 1 aliphatic carbocycles. The second-order valence-corrected chi connectivity index (χ2v) is 10.4. The highest BCUT2D eigenvalue weighted by Crippen LogP contribution is 2.42. The number of rotatable bonds is 5. The summed E-state index contributed by atoms with van der Waals surface area (Å²) < 4.78 is 17.0. The monoisotopic (exact) mass is 489 g/mol. The summed E-state index contributed by atoms with van der Waals surface area (Å²) >= 11 is 0. The van der Waals surface area contributed by atoms with Gasteiger partial charge in [0.2, 0.25) is 5.82 Å². The molecule has 3 aromatic rings. The third kappa shape index (κ3) is 3.95. The molecule has 2 aromatic heterocycles. The number of nitrogens with zero attached hydrogens (tertiary/aromatic N) is 8. The third-order valence-corrected chi connectivity index (χ3v) is 7.66. The number of phenolic OH excluding ortho intramolecular Hbond substituents is 1. The lowest BCUT2D eigenvalue weighted by molar-refractivity contribution is 0.0584. The Balaban J connectivity index is 1.27. The van der Waals surface area contributed by atoms with Crippen molar-refractivity contribution in [2.24, 2.45) is 7.05 Å². The molecular formula is C25H28FN9O. The molecule has 186 valence electrons. The van der Waals surface area contributed by atoms with Crippen LogP contribution in [0.4, 0.5) is 10.2 Å². The molecule has 0 unspecified atom stereocenters. The molecule has 2 N–H and O–H groups in total. The lowest BCUT2D eigenvalue weighted by Crippen LogP contribution is -2.67. The quantitative estimate of drug-likeness (QED) is 0.556. The summed E-state index contributed by atoms with van der Waals surface area (Å²) in [4.78, 5) is 10.8. The van der Waals surface area contributed by atoms with Crippen LogP contribution in [0.5, 0.6) is 5.75 Å². The molecule has 10 nitrogen and oxygen atoms in total. The second kappa shape index (κ2) is 8.48. The first kappa shape index (κ1) is 22.8. The van der Waals surface area contributed by atoms with E-state index in [0.29, 0.717) is 22.8 Å². The minimum atomic E-state index is -0.973. The third-order valence-electron chi connectivity index (χ3n) is 7.66. The molecule has 6 rings (SSSR count). The first-order valence-corrected chi connectivity index (χ1v) is 12.4. The normalized spacial score (nSPS) is 27.4. The molecule has 2 aliphatic heterocycles. The lowest BCUT2D eigenvalue weighted by Gasteiger charge is -2.52. The predicted octanol–water partition coefficient (Wildman–Crippen LogP) is 2.89. The highest BCUT2D eigenvalue weighted by molar-refractivity contribution is 5.70. The van der Waals surface area contributed by atoms with Crippen LogP contribution in [0, 0.1) is 11.3 Å². The van der Waals surface area contributed by atoms with Crippen molar-refractivity contribution in [3.8, 4) is 34.6 Å². The second-order valence-electron chi connectivity index (χ2n) is 10.4. The Labute approximate surface area is 208 Å². The standard InChI is InChI=1S/C25H28FN9O/c1-25-9-3-4-17(30-25)22(26)18(11-25)35(15-6-7-15)21-13-28-24(32-31-21)16-8-5-14(10-19(16)36)23-29-20(12-27)34(2)33-23/h5,8,10,13,15,17-18,22,30,36H,3-4,6-7,9,11H2,1-2H3/t17-,18+,22-,25+/m1/s1. The molecular weight excluding hydrogens is 461 g/mol. The lowest BCUT2D eigenvalue weighted by atomic mass is 9.74. The highest BCUT2D eigenvalue weighted by atomic mass is 19.1. The summed E-state index contributed by atoms with van der Waals surface area (Å²) in [6, 6.07) is 6.77. The number of alkyl halides is 1. The Morgan fingerprint density at radius 2 is 2.08 bits per heavy atom. The van der Waals surface area contributed by atoms with Crippen molar-refractivity contribution < 1.29 is 9.50 Å². The molecule has 4 atom stereocenters. The van der Waals surface area contributed by atoms with Gasteiger partial charge in [0, 0.05) is 30.2 Å². The zero-order chi connectivity index (χ0) is 25.0. The number of nitriles is 1. The summed E-state index contributed by atoms with van der Waals surface area (Å²) in [6.07, 6.45) is 6.38. The van der Waals surface area contributed by atoms with Crippen molar-refractivity contribution >= 4 is 5.82 Å². The van der Waals surface area contributed by atoms with E-state index < -0.39 is 6.17 Å². The smallest absolute Gasteiger partial charge is 0.231 e. The van der Waals surface area contributed by atoms with Crippen LogP contribution in [0.1, 0.15) is 51.3 Å². The van der Waals surface area contributed by atoms with Crippen molar-refractivity contribution in [1.82, 2.24) is 35.3 Å². The van der Waals surface area contributed by atoms with Crippen LogP contribution < -0.4 is 10.2 Å². The minimum Gasteiger partial charge on any atom is -0.507 e. The molecule has 1 saturated carbocycles. The minimum absolute atomic E-state index is 0.0463. The number of hydrogen-bond donors (Lipinski definition) is 2. The van der Waals surface area contributed by atoms with Gasteiger partial charge in [0.1, 0.15) is 18.0 Å². The van der Waals surface area contributed by atoms with E-state index in [1.165, 1.54) is 10.7 Å². The van der Waals surface area contributed by atoms with E-state index in [9.17, 15) is 5.11 Å². The Kier molecular flexibility index (Phi) is 5.37. The van der Waals surface area contributed by atoms with Crippen LogP contribution in [0.25, 0.3) is 22.8 Å². The van der Waals surface area contributed by atoms with Crippen LogP contribution in [0.3, 0.4) is 0 Å². The van der Waals surface area contributed by atoms with Crippen molar-refractivity contribution in [3.63, 3.8) is 0 Å². The average molecular weight is 490 g/mol. The number of fused-ring (bicyclic) bond motifs is 2. The van der Waals surface area contributed by atoms with Crippen LogP contribution in [-0.4, -0.2) is 64.9 Å². The number of hydrogen-bond acceptors (Lipinski definition) is 9. The molecule has 11 heteroatoms. The summed E-state index contributed by atoms with van der Waals surface area (Å²) in [7, 11) is 1.64. The zero-order valence-electron chi connectivity index (χ0n) is 20.3. The van der Waals surface area contributed by atoms with Gasteiger partial charge < -0.3 is 15.3 Å². The van der Waals surface area contributed by atoms with Crippen molar-refractivity contribution in [2.45, 2.75) is 75.3 Å². The SMILES string of the molecule is Cn1nc(-c2ccc(-c3ncc(N(C4CC4)[C@H]4C[C@]5(C)CCC[C@@H](N5)[C@H]4F)nn3)c(O)c2)nc1C#N. The Morgan fingerprint density at radius 1 is 1.25 bits per heavy atom. The van der Waals surface area contributed by atoms with Crippen molar-refractivity contribution in [2.75, 3.05) is 4.90 Å². The topological polar surface area (TPSA) is 129 Å². The van der Waals surface area contributed by atoms with Gasteiger partial charge in [-0.25, -0.2) is 14.1 Å². The fourth-order valence-electron chi connectivity index (χ4n) is 5.75. The van der Waals surface area contributed by atoms with E-state index in [1.54, 1.807) is 25.4 Å². The highest BCUT2D eigenvalue weighted by Gasteiger charge is 2.50. The maximum Gasteiger partial charge on any atom is 0.231 e. The van der Waals surface area contributed by atoms with Gasteiger partial charge in [-0.3, -0.25) is 0 Å². The summed E-state index contributed by atoms with van der Waals surface area (Å²) in [5.74, 6) is 1.33. The van der Waals surface area contributed by atoms with Crippen LogP contribution in [0.15, 0.2) is 24.4 Å². The number of aromatic hydroxyl groups is 1. The number of aromatic nitrogens is 6. The van der Waals surface area contributed by atoms with Gasteiger partial charge in [-0.15, -0.1) is 10.2 Å². The Bertz CT molecular complexity index is 1330. The molecule has 4 heterocycles. The molecule has 3 aliphatic rings. The molecule has 3 fully saturated rings. The van der Waals surface area contributed by atoms with Gasteiger partial charge in [0.05, 0.1) is 17.8 Å². The van der Waals surface area contributed by atoms with Gasteiger partial charge >= 0.3 is 0 Å². The summed E-state index contributed by atoms with van der Waals surface area (Å²) in [5, 5.41) is 36.3. The van der Waals surface area contributed by atoms with Gasteiger partial charge in [-0.1, -0.05) is 6.07 Å². The first-order valence-electron chi connectivity index (χ1n) is 12.4. The molecule has 2 bridgehead atoms. The first-order chi connectivity index (χ1) is 17.3.